The molecule has 286 valence electrons. The molecule has 62 heavy (non-hydrogen) atoms. The molecule has 1 spiro atoms. The minimum atomic E-state index is -0.400. The van der Waals surface area contributed by atoms with Crippen molar-refractivity contribution in [3.05, 3.63) is 222 Å². The molecular formula is C58H33N3O. The van der Waals surface area contributed by atoms with Crippen LogP contribution in [0.25, 0.3) is 110 Å². The van der Waals surface area contributed by atoms with E-state index in [0.29, 0.717) is 17.1 Å². The van der Waals surface area contributed by atoms with Crippen LogP contribution in [0.3, 0.4) is 0 Å². The first-order valence-electron chi connectivity index (χ1n) is 21.2. The molecule has 9 aromatic carbocycles. The molecule has 0 radical (unpaired) electrons. The Morgan fingerprint density at radius 3 is 1.69 bits per heavy atom. The molecule has 0 fully saturated rings. The summed E-state index contributed by atoms with van der Waals surface area (Å²) in [6.45, 7) is 0. The smallest absolute Gasteiger partial charge is 0.164 e. The van der Waals surface area contributed by atoms with Crippen molar-refractivity contribution in [2.24, 2.45) is 0 Å². The highest BCUT2D eigenvalue weighted by molar-refractivity contribution is 6.19. The van der Waals surface area contributed by atoms with Crippen molar-refractivity contribution in [1.29, 1.82) is 0 Å². The molecule has 4 heteroatoms. The topological polar surface area (TPSA) is 51.8 Å². The van der Waals surface area contributed by atoms with Crippen molar-refractivity contribution in [2.45, 2.75) is 5.41 Å². The molecule has 0 saturated heterocycles. The second-order valence-electron chi connectivity index (χ2n) is 16.7. The summed E-state index contributed by atoms with van der Waals surface area (Å²) >= 11 is 0. The Hall–Kier alpha value is -8.21. The lowest BCUT2D eigenvalue weighted by molar-refractivity contribution is 0.669. The van der Waals surface area contributed by atoms with E-state index in [4.69, 9.17) is 19.4 Å². The zero-order valence-corrected chi connectivity index (χ0v) is 33.3. The van der Waals surface area contributed by atoms with Crippen molar-refractivity contribution >= 4 is 65.6 Å². The van der Waals surface area contributed by atoms with Gasteiger partial charge >= 0.3 is 0 Å². The second-order valence-corrected chi connectivity index (χ2v) is 16.7. The van der Waals surface area contributed by atoms with E-state index in [1.54, 1.807) is 0 Å². The van der Waals surface area contributed by atoms with Crippen LogP contribution in [-0.2, 0) is 5.41 Å². The van der Waals surface area contributed by atoms with E-state index in [0.717, 1.165) is 70.9 Å². The van der Waals surface area contributed by atoms with Crippen molar-refractivity contribution in [1.82, 2.24) is 15.0 Å². The van der Waals surface area contributed by atoms with Gasteiger partial charge in [0, 0.05) is 27.1 Å². The molecular weight excluding hydrogens is 755 g/mol. The van der Waals surface area contributed by atoms with Crippen molar-refractivity contribution in [3.63, 3.8) is 0 Å². The lowest BCUT2D eigenvalue weighted by atomic mass is 9.70. The maximum Gasteiger partial charge on any atom is 0.164 e. The number of nitrogens with zero attached hydrogens (tertiary/aromatic N) is 3. The number of hydrogen-bond acceptors (Lipinski definition) is 4. The highest BCUT2D eigenvalue weighted by Crippen LogP contribution is 2.63. The van der Waals surface area contributed by atoms with E-state index in [1.807, 2.05) is 30.3 Å². The predicted molar refractivity (Wildman–Crippen MR) is 253 cm³/mol. The fourth-order valence-corrected chi connectivity index (χ4v) is 10.9. The van der Waals surface area contributed by atoms with Gasteiger partial charge in [0.2, 0.25) is 0 Å². The van der Waals surface area contributed by atoms with Crippen LogP contribution in [0.4, 0.5) is 0 Å². The van der Waals surface area contributed by atoms with Gasteiger partial charge in [-0.2, -0.15) is 0 Å². The Bertz CT molecular complexity index is 3890. The van der Waals surface area contributed by atoms with Crippen LogP contribution in [0.5, 0.6) is 0 Å². The highest BCUT2D eigenvalue weighted by atomic mass is 16.3. The third kappa shape index (κ3) is 4.53. The molecule has 2 aliphatic rings. The van der Waals surface area contributed by atoms with E-state index in [9.17, 15) is 0 Å². The lowest BCUT2D eigenvalue weighted by Gasteiger charge is -2.30. The first-order valence-corrected chi connectivity index (χ1v) is 21.2. The monoisotopic (exact) mass is 787 g/mol. The summed E-state index contributed by atoms with van der Waals surface area (Å²) in [6, 6.07) is 72.5. The average molecular weight is 788 g/mol. The summed E-state index contributed by atoms with van der Waals surface area (Å²) in [6.07, 6.45) is 0. The number of aromatic nitrogens is 3. The molecule has 0 atom stereocenters. The van der Waals surface area contributed by atoms with Crippen LogP contribution in [0.15, 0.2) is 205 Å². The minimum absolute atomic E-state index is 0.400. The Morgan fingerprint density at radius 1 is 0.323 bits per heavy atom. The lowest BCUT2D eigenvalue weighted by Crippen LogP contribution is -2.25. The summed E-state index contributed by atoms with van der Waals surface area (Å²) in [4.78, 5) is 15.8. The maximum atomic E-state index is 6.47. The van der Waals surface area contributed by atoms with E-state index in [1.165, 1.54) is 44.5 Å². The van der Waals surface area contributed by atoms with Gasteiger partial charge in [-0.3, -0.25) is 0 Å². The SMILES string of the molecule is c1ccc(-c2nc3nc(n2)c2cccc4oc5ccc(cc5c42)c2ccccc2c2cc(-c4ccc5c(c4)-c4ccccc4C54c5ccccc5-c5ccccc54)cc3c2)cc1. The minimum Gasteiger partial charge on any atom is -0.456 e. The average Bonchev–Trinajstić information content (AvgIpc) is 3.97. The molecule has 6 bridgehead atoms. The fraction of sp³-hybridized carbons (Fsp3) is 0.0172. The van der Waals surface area contributed by atoms with Gasteiger partial charge in [0.15, 0.2) is 17.1 Å². The summed E-state index contributed by atoms with van der Waals surface area (Å²) in [5, 5.41) is 8.32. The summed E-state index contributed by atoms with van der Waals surface area (Å²) < 4.78 is 6.47. The molecule has 3 aromatic heterocycles. The van der Waals surface area contributed by atoms with Crippen LogP contribution >= 0.6 is 0 Å². The Labute approximate surface area is 356 Å². The molecule has 12 aromatic rings. The van der Waals surface area contributed by atoms with E-state index in [-0.39, 0.29) is 0 Å². The van der Waals surface area contributed by atoms with Crippen LogP contribution in [-0.4, -0.2) is 15.0 Å². The summed E-state index contributed by atoms with van der Waals surface area (Å²) in [7, 11) is 0. The molecule has 0 amide bonds. The van der Waals surface area contributed by atoms with Gasteiger partial charge in [-0.25, -0.2) is 15.0 Å². The zero-order chi connectivity index (χ0) is 40.5. The third-order valence-electron chi connectivity index (χ3n) is 13.5. The van der Waals surface area contributed by atoms with E-state index in [2.05, 4.69) is 170 Å². The summed E-state index contributed by atoms with van der Waals surface area (Å²) in [5.41, 5.74) is 16.1. The summed E-state index contributed by atoms with van der Waals surface area (Å²) in [5.74, 6) is 0.620. The van der Waals surface area contributed by atoms with Crippen LogP contribution in [0.1, 0.15) is 22.3 Å². The van der Waals surface area contributed by atoms with Crippen molar-refractivity contribution in [3.8, 4) is 44.8 Å². The molecule has 3 heterocycles. The molecule has 2 aliphatic carbocycles. The number of furan rings is 1. The van der Waals surface area contributed by atoms with Gasteiger partial charge in [0.25, 0.3) is 0 Å². The Kier molecular flexibility index (Phi) is 6.73. The quantitative estimate of drug-likeness (QED) is 0.175. The number of rotatable bonds is 2. The van der Waals surface area contributed by atoms with Crippen LogP contribution < -0.4 is 0 Å². The van der Waals surface area contributed by atoms with Crippen molar-refractivity contribution < 1.29 is 4.42 Å². The largest absolute Gasteiger partial charge is 0.456 e. The number of hydrogen-bond donors (Lipinski definition) is 0. The van der Waals surface area contributed by atoms with Gasteiger partial charge in [0.1, 0.15) is 11.2 Å². The zero-order valence-electron chi connectivity index (χ0n) is 33.3. The maximum absolute atomic E-state index is 6.47. The van der Waals surface area contributed by atoms with Crippen LogP contribution in [0.2, 0.25) is 0 Å². The van der Waals surface area contributed by atoms with Crippen LogP contribution in [0, 0.1) is 0 Å². The van der Waals surface area contributed by atoms with E-state index >= 15 is 0 Å². The fourth-order valence-electron chi connectivity index (χ4n) is 10.9. The molecule has 0 N–H and O–H groups in total. The van der Waals surface area contributed by atoms with E-state index < -0.39 is 5.41 Å². The van der Waals surface area contributed by atoms with Gasteiger partial charge in [-0.05, 0) is 120 Å². The second kappa shape index (κ2) is 12.4. The standard InChI is InChI=1S/C58H33N3O/c1-2-13-34(14-3-1)55-59-56-39-30-37(35-25-27-51-46(32-35)44-19-8-11-23-50(44)58(51)48-21-9-6-17-42(48)43-18-7-10-22-49(43)58)29-38(31-39)41-16-5-4-15-40(41)36-26-28-52-47(33-36)54-45(57(60-55)61-56)20-12-24-53(54)62-52/h1-33H. The Balaban J connectivity index is 1.11. The number of benzene rings is 9. The first-order chi connectivity index (χ1) is 30.7. The molecule has 4 nitrogen and oxygen atoms in total. The highest BCUT2D eigenvalue weighted by Gasteiger charge is 2.51. The number of fused-ring (bicyclic) bond motifs is 20. The first kappa shape index (κ1) is 33.6. The van der Waals surface area contributed by atoms with Gasteiger partial charge in [-0.1, -0.05) is 158 Å². The van der Waals surface area contributed by atoms with Gasteiger partial charge in [0.05, 0.1) is 5.41 Å². The molecule has 0 unspecified atom stereocenters. The van der Waals surface area contributed by atoms with Gasteiger partial charge in [-0.15, -0.1) is 0 Å². The normalized spacial score (nSPS) is 13.3. The van der Waals surface area contributed by atoms with Gasteiger partial charge < -0.3 is 4.42 Å². The third-order valence-corrected chi connectivity index (χ3v) is 13.5. The molecule has 14 rings (SSSR count). The molecule has 0 saturated carbocycles. The molecule has 0 aliphatic heterocycles. The van der Waals surface area contributed by atoms with Crippen molar-refractivity contribution in [2.75, 3.05) is 0 Å². The Morgan fingerprint density at radius 2 is 0.935 bits per heavy atom. The predicted octanol–water partition coefficient (Wildman–Crippen LogP) is 14.6.